The smallest absolute Gasteiger partial charge is 0.192 e. The number of hydrogen-bond donors (Lipinski definition) is 1. The molecule has 1 heterocycles. The molecule has 0 unspecified atom stereocenters. The van der Waals surface area contributed by atoms with E-state index >= 15 is 0 Å². The lowest BCUT2D eigenvalue weighted by molar-refractivity contribution is -0.118. The van der Waals surface area contributed by atoms with E-state index in [2.05, 4.69) is 47.4 Å². The number of methoxy groups -OCH3 is 1. The van der Waals surface area contributed by atoms with Crippen molar-refractivity contribution in [2.75, 3.05) is 20.5 Å². The number of hydrogen-bond acceptors (Lipinski definition) is 5. The van der Waals surface area contributed by atoms with Gasteiger partial charge in [0.15, 0.2) is 8.32 Å². The van der Waals surface area contributed by atoms with Gasteiger partial charge in [0, 0.05) is 7.11 Å². The van der Waals surface area contributed by atoms with Gasteiger partial charge in [-0.1, -0.05) is 26.8 Å². The molecule has 1 saturated heterocycles. The average Bonchev–Trinajstić information content (AvgIpc) is 2.98. The maximum atomic E-state index is 10.6. The molecule has 6 heteroatoms. The van der Waals surface area contributed by atoms with Gasteiger partial charge in [-0.25, -0.2) is 0 Å². The monoisotopic (exact) mass is 402 g/mol. The molecule has 1 aliphatic rings. The molecule has 5 nitrogen and oxygen atoms in total. The summed E-state index contributed by atoms with van der Waals surface area (Å²) in [7, 11) is -0.214. The summed E-state index contributed by atoms with van der Waals surface area (Å²) in [6.45, 7) is 19.9. The first kappa shape index (κ1) is 24.8. The third-order valence-electron chi connectivity index (χ3n) is 6.24. The quantitative estimate of drug-likeness (QED) is 0.310. The average molecular weight is 403 g/mol. The Morgan fingerprint density at radius 2 is 1.96 bits per heavy atom. The topological polar surface area (TPSA) is 57.2 Å². The van der Waals surface area contributed by atoms with Gasteiger partial charge in [-0.2, -0.15) is 0 Å². The van der Waals surface area contributed by atoms with E-state index in [1.54, 1.807) is 13.2 Å². The molecule has 0 aromatic carbocycles. The summed E-state index contributed by atoms with van der Waals surface area (Å²) in [5, 5.41) is 10.8. The minimum Gasteiger partial charge on any atom is -0.414 e. The zero-order valence-electron chi connectivity index (χ0n) is 18.8. The predicted molar refractivity (Wildman–Crippen MR) is 112 cm³/mol. The Kier molecular flexibility index (Phi) is 8.73. The van der Waals surface area contributed by atoms with Crippen molar-refractivity contribution >= 4 is 8.32 Å². The highest BCUT2D eigenvalue weighted by molar-refractivity contribution is 6.74. The molecular formula is C21H42O5Si. The SMILES string of the molecule is C=C[C@](C)(CC[C@@H](O)[C@H]1CC[C@](C)(CO[Si](C)(C)C(C)(C)C)O1)OCOC. The van der Waals surface area contributed by atoms with E-state index in [1.807, 2.05) is 6.92 Å². The van der Waals surface area contributed by atoms with Crippen molar-refractivity contribution in [3.8, 4) is 0 Å². The van der Waals surface area contributed by atoms with Crippen LogP contribution in [0.15, 0.2) is 12.7 Å². The second-order valence-electron chi connectivity index (χ2n) is 9.87. The molecule has 1 N–H and O–H groups in total. The van der Waals surface area contributed by atoms with E-state index in [4.69, 9.17) is 18.6 Å². The van der Waals surface area contributed by atoms with Crippen LogP contribution in [-0.4, -0.2) is 57.3 Å². The lowest BCUT2D eigenvalue weighted by Gasteiger charge is -2.39. The molecule has 0 amide bonds. The molecule has 4 atom stereocenters. The van der Waals surface area contributed by atoms with Crippen molar-refractivity contribution in [1.82, 2.24) is 0 Å². The van der Waals surface area contributed by atoms with Crippen LogP contribution < -0.4 is 0 Å². The molecule has 1 fully saturated rings. The predicted octanol–water partition coefficient (Wildman–Crippen LogP) is 4.65. The Hall–Kier alpha value is -0.243. The van der Waals surface area contributed by atoms with Gasteiger partial charge in [0.1, 0.15) is 6.79 Å². The molecular weight excluding hydrogens is 360 g/mol. The number of aliphatic hydroxyl groups excluding tert-OH is 1. The van der Waals surface area contributed by atoms with E-state index in [-0.39, 0.29) is 23.5 Å². The molecule has 0 aromatic heterocycles. The number of ether oxygens (including phenoxy) is 3. The zero-order valence-corrected chi connectivity index (χ0v) is 19.8. The second kappa shape index (κ2) is 9.50. The van der Waals surface area contributed by atoms with Crippen LogP contribution in [0.1, 0.15) is 60.3 Å². The van der Waals surface area contributed by atoms with Gasteiger partial charge in [-0.3, -0.25) is 0 Å². The Balaban J connectivity index is 2.54. The molecule has 0 aliphatic carbocycles. The van der Waals surface area contributed by atoms with E-state index in [1.165, 1.54) is 0 Å². The van der Waals surface area contributed by atoms with Crippen molar-refractivity contribution in [2.45, 2.75) is 102 Å². The van der Waals surface area contributed by atoms with Gasteiger partial charge in [0.05, 0.1) is 30.0 Å². The normalized spacial score (nSPS) is 27.4. The van der Waals surface area contributed by atoms with Crippen LogP contribution in [0.4, 0.5) is 0 Å². The Morgan fingerprint density at radius 3 is 2.48 bits per heavy atom. The van der Waals surface area contributed by atoms with Crippen LogP contribution in [0, 0.1) is 0 Å². The van der Waals surface area contributed by atoms with Crippen molar-refractivity contribution < 1.29 is 23.7 Å². The first-order chi connectivity index (χ1) is 12.3. The van der Waals surface area contributed by atoms with Crippen LogP contribution in [0.3, 0.4) is 0 Å². The maximum Gasteiger partial charge on any atom is 0.192 e. The van der Waals surface area contributed by atoms with Crippen LogP contribution >= 0.6 is 0 Å². The Labute approximate surface area is 167 Å². The summed E-state index contributed by atoms with van der Waals surface area (Å²) in [4.78, 5) is 0. The molecule has 160 valence electrons. The van der Waals surface area contributed by atoms with E-state index in [9.17, 15) is 5.11 Å². The molecule has 1 aliphatic heterocycles. The fourth-order valence-corrected chi connectivity index (χ4v) is 4.00. The van der Waals surface area contributed by atoms with Gasteiger partial charge in [0.25, 0.3) is 0 Å². The van der Waals surface area contributed by atoms with Crippen molar-refractivity contribution in [1.29, 1.82) is 0 Å². The minimum absolute atomic E-state index is 0.158. The summed E-state index contributed by atoms with van der Waals surface area (Å²) in [5.74, 6) is 0. The molecule has 0 aromatic rings. The van der Waals surface area contributed by atoms with E-state index < -0.39 is 20.0 Å². The standard InChI is InChI=1S/C21H42O5Si/c1-10-20(5,24-16-23-7)13-11-17(22)18-12-14-21(6,26-18)15-25-27(8,9)19(2,3)4/h10,17-18,22H,1,11-16H2,2-9H3/t17-,18-,20-,21-/m1/s1. The van der Waals surface area contributed by atoms with Crippen molar-refractivity contribution in [3.05, 3.63) is 12.7 Å². The fraction of sp³-hybridized carbons (Fsp3) is 0.905. The molecule has 0 radical (unpaired) electrons. The second-order valence-corrected chi connectivity index (χ2v) is 14.7. The summed E-state index contributed by atoms with van der Waals surface area (Å²) in [5.41, 5.74) is -0.834. The molecule has 0 bridgehead atoms. The molecule has 27 heavy (non-hydrogen) atoms. The summed E-state index contributed by atoms with van der Waals surface area (Å²) in [6.07, 6.45) is 4.10. The molecule has 0 spiro atoms. The fourth-order valence-electron chi connectivity index (χ4n) is 2.90. The van der Waals surface area contributed by atoms with Crippen molar-refractivity contribution in [3.63, 3.8) is 0 Å². The van der Waals surface area contributed by atoms with Crippen LogP contribution in [0.25, 0.3) is 0 Å². The summed E-state index contributed by atoms with van der Waals surface area (Å²) in [6, 6.07) is 0. The summed E-state index contributed by atoms with van der Waals surface area (Å²) < 4.78 is 23.3. The first-order valence-electron chi connectivity index (χ1n) is 10.0. The van der Waals surface area contributed by atoms with E-state index in [0.717, 1.165) is 12.8 Å². The Morgan fingerprint density at radius 1 is 1.33 bits per heavy atom. The van der Waals surface area contributed by atoms with Gasteiger partial charge < -0.3 is 23.7 Å². The third-order valence-corrected chi connectivity index (χ3v) is 10.7. The van der Waals surface area contributed by atoms with Gasteiger partial charge in [0.2, 0.25) is 0 Å². The molecule has 0 saturated carbocycles. The van der Waals surface area contributed by atoms with Gasteiger partial charge in [-0.15, -0.1) is 6.58 Å². The highest BCUT2D eigenvalue weighted by Gasteiger charge is 2.43. The largest absolute Gasteiger partial charge is 0.414 e. The molecule has 1 rings (SSSR count). The number of rotatable bonds is 11. The van der Waals surface area contributed by atoms with Crippen LogP contribution in [-0.2, 0) is 18.6 Å². The summed E-state index contributed by atoms with van der Waals surface area (Å²) >= 11 is 0. The highest BCUT2D eigenvalue weighted by atomic mass is 28.4. The lowest BCUT2D eigenvalue weighted by Crippen LogP contribution is -2.45. The highest BCUT2D eigenvalue weighted by Crippen LogP contribution is 2.39. The number of aliphatic hydroxyl groups is 1. The van der Waals surface area contributed by atoms with Crippen LogP contribution in [0.5, 0.6) is 0 Å². The first-order valence-corrected chi connectivity index (χ1v) is 12.9. The zero-order chi connectivity index (χ0) is 20.9. The van der Waals surface area contributed by atoms with Gasteiger partial charge in [-0.05, 0) is 57.7 Å². The van der Waals surface area contributed by atoms with Gasteiger partial charge >= 0.3 is 0 Å². The van der Waals surface area contributed by atoms with Crippen LogP contribution in [0.2, 0.25) is 18.1 Å². The lowest BCUT2D eigenvalue weighted by atomic mass is 9.95. The maximum absolute atomic E-state index is 10.6. The third kappa shape index (κ3) is 7.26. The van der Waals surface area contributed by atoms with E-state index in [0.29, 0.717) is 19.4 Å². The van der Waals surface area contributed by atoms with Crippen molar-refractivity contribution in [2.24, 2.45) is 0 Å². The minimum atomic E-state index is -1.81. The Bertz CT molecular complexity index is 476.